The standard InChI is InChI=1S/C13H13FN2OS/c14-11-5-3-10(4-6-11)8-15-13(18)16-9-12-2-1-7-17-12/h1-7H,8-9H2,(H2,15,16,18). The number of hydrogen-bond donors (Lipinski definition) is 2. The van der Waals surface area contributed by atoms with Crippen molar-refractivity contribution in [3.05, 3.63) is 59.8 Å². The highest BCUT2D eigenvalue weighted by Gasteiger charge is 1.99. The quantitative estimate of drug-likeness (QED) is 0.832. The van der Waals surface area contributed by atoms with Crippen LogP contribution in [0.5, 0.6) is 0 Å². The Hall–Kier alpha value is -1.88. The molecule has 0 aliphatic carbocycles. The van der Waals surface area contributed by atoms with E-state index in [-0.39, 0.29) is 5.82 Å². The predicted octanol–water partition coefficient (Wildman–Crippen LogP) is 2.58. The molecule has 0 radical (unpaired) electrons. The van der Waals surface area contributed by atoms with Crippen LogP contribution < -0.4 is 10.6 Å². The molecule has 3 nitrogen and oxygen atoms in total. The van der Waals surface area contributed by atoms with Gasteiger partial charge in [-0.1, -0.05) is 12.1 Å². The molecule has 94 valence electrons. The minimum absolute atomic E-state index is 0.239. The molecular weight excluding hydrogens is 251 g/mol. The molecular formula is C13H13FN2OS. The Kier molecular flexibility index (Phi) is 4.30. The van der Waals surface area contributed by atoms with E-state index in [1.807, 2.05) is 12.1 Å². The molecule has 0 saturated carbocycles. The van der Waals surface area contributed by atoms with E-state index in [0.717, 1.165) is 11.3 Å². The van der Waals surface area contributed by atoms with Gasteiger partial charge >= 0.3 is 0 Å². The van der Waals surface area contributed by atoms with Crippen LogP contribution in [0.1, 0.15) is 11.3 Å². The van der Waals surface area contributed by atoms with Gasteiger partial charge in [0.05, 0.1) is 12.8 Å². The molecule has 0 saturated heterocycles. The molecule has 1 heterocycles. The summed E-state index contributed by atoms with van der Waals surface area (Å²) in [6.07, 6.45) is 1.62. The molecule has 18 heavy (non-hydrogen) atoms. The van der Waals surface area contributed by atoms with E-state index in [2.05, 4.69) is 10.6 Å². The lowest BCUT2D eigenvalue weighted by Gasteiger charge is -2.09. The molecule has 0 amide bonds. The van der Waals surface area contributed by atoms with Crippen molar-refractivity contribution in [3.63, 3.8) is 0 Å². The summed E-state index contributed by atoms with van der Waals surface area (Å²) in [4.78, 5) is 0. The highest BCUT2D eigenvalue weighted by Crippen LogP contribution is 2.02. The third-order valence-electron chi connectivity index (χ3n) is 2.37. The summed E-state index contributed by atoms with van der Waals surface area (Å²) in [5, 5.41) is 6.59. The molecule has 1 aromatic heterocycles. The lowest BCUT2D eigenvalue weighted by Crippen LogP contribution is -2.34. The van der Waals surface area contributed by atoms with Crippen molar-refractivity contribution in [2.24, 2.45) is 0 Å². The van der Waals surface area contributed by atoms with Gasteiger partial charge in [0.15, 0.2) is 5.11 Å². The van der Waals surface area contributed by atoms with E-state index in [0.29, 0.717) is 18.2 Å². The number of rotatable bonds is 4. The van der Waals surface area contributed by atoms with Gasteiger partial charge < -0.3 is 15.1 Å². The minimum atomic E-state index is -0.239. The Morgan fingerprint density at radius 3 is 2.50 bits per heavy atom. The van der Waals surface area contributed by atoms with Crippen molar-refractivity contribution in [2.45, 2.75) is 13.1 Å². The van der Waals surface area contributed by atoms with Crippen LogP contribution in [-0.2, 0) is 13.1 Å². The van der Waals surface area contributed by atoms with Crippen LogP contribution in [0, 0.1) is 5.82 Å². The normalized spacial score (nSPS) is 10.1. The van der Waals surface area contributed by atoms with Crippen LogP contribution in [-0.4, -0.2) is 5.11 Å². The maximum absolute atomic E-state index is 12.7. The molecule has 2 rings (SSSR count). The van der Waals surface area contributed by atoms with Gasteiger partial charge in [0, 0.05) is 6.54 Å². The minimum Gasteiger partial charge on any atom is -0.467 e. The largest absolute Gasteiger partial charge is 0.467 e. The summed E-state index contributed by atoms with van der Waals surface area (Å²) in [5.41, 5.74) is 0.971. The number of benzene rings is 1. The summed E-state index contributed by atoms with van der Waals surface area (Å²) in [7, 11) is 0. The fourth-order valence-electron chi connectivity index (χ4n) is 1.43. The molecule has 0 aliphatic rings. The van der Waals surface area contributed by atoms with Gasteiger partial charge in [-0.25, -0.2) is 4.39 Å². The van der Waals surface area contributed by atoms with Gasteiger partial charge in [0.1, 0.15) is 11.6 Å². The van der Waals surface area contributed by atoms with Gasteiger partial charge in [-0.3, -0.25) is 0 Å². The number of halogens is 1. The molecule has 1 aromatic carbocycles. The maximum atomic E-state index is 12.7. The monoisotopic (exact) mass is 264 g/mol. The van der Waals surface area contributed by atoms with Gasteiger partial charge in [0.25, 0.3) is 0 Å². The molecule has 0 bridgehead atoms. The van der Waals surface area contributed by atoms with Gasteiger partial charge in [-0.05, 0) is 42.0 Å². The van der Waals surface area contributed by atoms with Crippen molar-refractivity contribution < 1.29 is 8.81 Å². The fraction of sp³-hybridized carbons (Fsp3) is 0.154. The average molecular weight is 264 g/mol. The Morgan fingerprint density at radius 1 is 1.11 bits per heavy atom. The smallest absolute Gasteiger partial charge is 0.166 e. The second-order valence-corrected chi connectivity index (χ2v) is 4.15. The zero-order chi connectivity index (χ0) is 12.8. The summed E-state index contributed by atoms with van der Waals surface area (Å²) in [6.45, 7) is 1.10. The van der Waals surface area contributed by atoms with Crippen molar-refractivity contribution in [1.29, 1.82) is 0 Å². The van der Waals surface area contributed by atoms with Gasteiger partial charge in [0.2, 0.25) is 0 Å². The van der Waals surface area contributed by atoms with Crippen LogP contribution in [0.4, 0.5) is 4.39 Å². The number of furan rings is 1. The average Bonchev–Trinajstić information content (AvgIpc) is 2.89. The van der Waals surface area contributed by atoms with Crippen LogP contribution >= 0.6 is 12.2 Å². The Bertz CT molecular complexity index is 496. The highest BCUT2D eigenvalue weighted by molar-refractivity contribution is 7.80. The van der Waals surface area contributed by atoms with Crippen molar-refractivity contribution >= 4 is 17.3 Å². The van der Waals surface area contributed by atoms with E-state index in [1.165, 1.54) is 12.1 Å². The predicted molar refractivity (Wildman–Crippen MR) is 71.4 cm³/mol. The molecule has 0 aliphatic heterocycles. The summed E-state index contributed by atoms with van der Waals surface area (Å²) in [6, 6.07) is 9.99. The van der Waals surface area contributed by atoms with Gasteiger partial charge in [-0.15, -0.1) is 0 Å². The zero-order valence-electron chi connectivity index (χ0n) is 9.65. The third kappa shape index (κ3) is 3.85. The first-order chi connectivity index (χ1) is 8.74. The fourth-order valence-corrected chi connectivity index (χ4v) is 1.57. The van der Waals surface area contributed by atoms with Crippen LogP contribution in [0.25, 0.3) is 0 Å². The molecule has 0 fully saturated rings. The molecule has 0 unspecified atom stereocenters. The molecule has 5 heteroatoms. The summed E-state index contributed by atoms with van der Waals surface area (Å²) < 4.78 is 17.9. The van der Waals surface area contributed by atoms with Crippen molar-refractivity contribution in [3.8, 4) is 0 Å². The van der Waals surface area contributed by atoms with E-state index in [4.69, 9.17) is 16.6 Å². The molecule has 2 N–H and O–H groups in total. The van der Waals surface area contributed by atoms with Gasteiger partial charge in [-0.2, -0.15) is 0 Å². The SMILES string of the molecule is Fc1ccc(CNC(=S)NCc2ccco2)cc1. The number of nitrogens with one attached hydrogen (secondary N) is 2. The zero-order valence-corrected chi connectivity index (χ0v) is 10.5. The molecule has 0 spiro atoms. The lowest BCUT2D eigenvalue weighted by atomic mass is 10.2. The van der Waals surface area contributed by atoms with Crippen LogP contribution in [0.15, 0.2) is 47.1 Å². The summed E-state index contributed by atoms with van der Waals surface area (Å²) >= 11 is 5.11. The first-order valence-corrected chi connectivity index (χ1v) is 5.93. The van der Waals surface area contributed by atoms with Crippen molar-refractivity contribution in [2.75, 3.05) is 0 Å². The molecule has 2 aromatic rings. The summed E-state index contributed by atoms with van der Waals surface area (Å²) in [5.74, 6) is 0.582. The first-order valence-electron chi connectivity index (χ1n) is 5.52. The highest BCUT2D eigenvalue weighted by atomic mass is 32.1. The van der Waals surface area contributed by atoms with E-state index in [1.54, 1.807) is 18.4 Å². The number of thiocarbonyl (C=S) groups is 1. The number of hydrogen-bond acceptors (Lipinski definition) is 2. The Balaban J connectivity index is 1.73. The molecule has 0 atom stereocenters. The lowest BCUT2D eigenvalue weighted by molar-refractivity contribution is 0.502. The van der Waals surface area contributed by atoms with E-state index >= 15 is 0 Å². The van der Waals surface area contributed by atoms with Crippen LogP contribution in [0.2, 0.25) is 0 Å². The second-order valence-electron chi connectivity index (χ2n) is 3.74. The third-order valence-corrected chi connectivity index (χ3v) is 2.66. The van der Waals surface area contributed by atoms with E-state index < -0.39 is 0 Å². The Morgan fingerprint density at radius 2 is 1.83 bits per heavy atom. The second kappa shape index (κ2) is 6.16. The van der Waals surface area contributed by atoms with Crippen molar-refractivity contribution in [1.82, 2.24) is 10.6 Å². The topological polar surface area (TPSA) is 37.2 Å². The van der Waals surface area contributed by atoms with E-state index in [9.17, 15) is 4.39 Å². The Labute approximate surface area is 110 Å². The first kappa shape index (κ1) is 12.6. The maximum Gasteiger partial charge on any atom is 0.166 e. The van der Waals surface area contributed by atoms with Crippen LogP contribution in [0.3, 0.4) is 0 Å².